The molecule has 1 saturated carbocycles. The van der Waals surface area contributed by atoms with Crippen molar-refractivity contribution in [1.82, 2.24) is 4.57 Å². The average Bonchev–Trinajstić information content (AvgIpc) is 2.64. The maximum Gasteiger partial charge on any atom is 0.0493 e. The Morgan fingerprint density at radius 2 is 1.29 bits per heavy atom. The van der Waals surface area contributed by atoms with Gasteiger partial charge in [-0.25, -0.2) is 0 Å². The van der Waals surface area contributed by atoms with Crippen molar-refractivity contribution in [1.29, 1.82) is 0 Å². The van der Waals surface area contributed by atoms with Crippen LogP contribution in [0.15, 0.2) is 48.5 Å². The van der Waals surface area contributed by atoms with Gasteiger partial charge >= 0.3 is 0 Å². The molecule has 0 N–H and O–H groups in total. The zero-order chi connectivity index (χ0) is 11.2. The number of benzene rings is 2. The molecular weight excluding hydrogens is 206 g/mol. The molecule has 0 bridgehead atoms. The van der Waals surface area contributed by atoms with E-state index in [1.807, 2.05) is 0 Å². The highest BCUT2D eigenvalue weighted by Crippen LogP contribution is 2.39. The first-order valence-electron chi connectivity index (χ1n) is 6.43. The van der Waals surface area contributed by atoms with E-state index in [0.29, 0.717) is 0 Å². The van der Waals surface area contributed by atoms with Gasteiger partial charge in [-0.3, -0.25) is 0 Å². The third-order valence-electron chi connectivity index (χ3n) is 4.06. The summed E-state index contributed by atoms with van der Waals surface area (Å²) in [5, 5.41) is 2.80. The van der Waals surface area contributed by atoms with Gasteiger partial charge in [0.2, 0.25) is 0 Å². The molecule has 0 unspecified atom stereocenters. The topological polar surface area (TPSA) is 4.93 Å². The maximum atomic E-state index is 2.55. The quantitative estimate of drug-likeness (QED) is 0.569. The van der Waals surface area contributed by atoms with E-state index in [4.69, 9.17) is 0 Å². The molecule has 2 aromatic carbocycles. The van der Waals surface area contributed by atoms with Gasteiger partial charge in [0.15, 0.2) is 0 Å². The van der Waals surface area contributed by atoms with E-state index >= 15 is 0 Å². The minimum absolute atomic E-state index is 0.722. The van der Waals surface area contributed by atoms with Crippen LogP contribution < -0.4 is 0 Å². The van der Waals surface area contributed by atoms with E-state index in [-0.39, 0.29) is 0 Å². The fourth-order valence-electron chi connectivity index (χ4n) is 2.99. The van der Waals surface area contributed by atoms with Gasteiger partial charge in [-0.05, 0) is 31.4 Å². The number of rotatable bonds is 1. The van der Waals surface area contributed by atoms with Gasteiger partial charge in [0, 0.05) is 27.8 Å². The standard InChI is InChI=1S/C16H15N/c1-3-10-15-13(8-1)14-9-2-4-11-16(14)17(15)12-6-5-7-12/h1-4,8-12H,5-7H2. The summed E-state index contributed by atoms with van der Waals surface area (Å²) in [4.78, 5) is 0. The second-order valence-corrected chi connectivity index (χ2v) is 4.99. The molecule has 3 aromatic rings. The number of fused-ring (bicyclic) bond motifs is 3. The van der Waals surface area contributed by atoms with Crippen LogP contribution in [0, 0.1) is 0 Å². The van der Waals surface area contributed by atoms with E-state index in [1.54, 1.807) is 0 Å². The Morgan fingerprint density at radius 1 is 0.765 bits per heavy atom. The summed E-state index contributed by atoms with van der Waals surface area (Å²) in [6.45, 7) is 0. The highest BCUT2D eigenvalue weighted by atomic mass is 15.0. The van der Waals surface area contributed by atoms with Gasteiger partial charge in [0.1, 0.15) is 0 Å². The molecule has 1 aromatic heterocycles. The van der Waals surface area contributed by atoms with Crippen LogP contribution in [0.5, 0.6) is 0 Å². The fourth-order valence-corrected chi connectivity index (χ4v) is 2.99. The van der Waals surface area contributed by atoms with Crippen LogP contribution in [0.4, 0.5) is 0 Å². The third kappa shape index (κ3) is 1.20. The van der Waals surface area contributed by atoms with E-state index in [9.17, 15) is 0 Å². The smallest absolute Gasteiger partial charge is 0.0493 e. The lowest BCUT2D eigenvalue weighted by Crippen LogP contribution is -2.16. The molecule has 1 heteroatoms. The predicted octanol–water partition coefficient (Wildman–Crippen LogP) is 4.52. The minimum Gasteiger partial charge on any atom is -0.337 e. The Labute approximate surface area is 101 Å². The summed E-state index contributed by atoms with van der Waals surface area (Å²) >= 11 is 0. The zero-order valence-electron chi connectivity index (χ0n) is 9.76. The molecule has 1 aliphatic carbocycles. The van der Waals surface area contributed by atoms with E-state index in [0.717, 1.165) is 6.04 Å². The lowest BCUT2D eigenvalue weighted by Gasteiger charge is -2.28. The molecule has 1 heterocycles. The largest absolute Gasteiger partial charge is 0.337 e. The first-order valence-corrected chi connectivity index (χ1v) is 6.43. The van der Waals surface area contributed by atoms with Crippen LogP contribution in [0.2, 0.25) is 0 Å². The van der Waals surface area contributed by atoms with Crippen LogP contribution in [0.3, 0.4) is 0 Å². The van der Waals surface area contributed by atoms with Gasteiger partial charge in [0.25, 0.3) is 0 Å². The Kier molecular flexibility index (Phi) is 1.84. The van der Waals surface area contributed by atoms with Gasteiger partial charge < -0.3 is 4.57 Å². The molecule has 0 saturated heterocycles. The van der Waals surface area contributed by atoms with Gasteiger partial charge in [0.05, 0.1) is 0 Å². The van der Waals surface area contributed by atoms with Gasteiger partial charge in [-0.15, -0.1) is 0 Å². The molecule has 17 heavy (non-hydrogen) atoms. The first-order chi connectivity index (χ1) is 8.45. The van der Waals surface area contributed by atoms with Crippen LogP contribution in [-0.2, 0) is 0 Å². The average molecular weight is 221 g/mol. The number of para-hydroxylation sites is 2. The molecule has 1 nitrogen and oxygen atoms in total. The van der Waals surface area contributed by atoms with Gasteiger partial charge in [-0.1, -0.05) is 36.4 Å². The van der Waals surface area contributed by atoms with Gasteiger partial charge in [-0.2, -0.15) is 0 Å². The molecule has 0 aliphatic heterocycles. The SMILES string of the molecule is c1ccc2c(c1)c1ccccc1n2C1CCC1. The molecule has 0 atom stereocenters. The molecule has 0 radical (unpaired) electrons. The van der Waals surface area contributed by atoms with Crippen molar-refractivity contribution in [2.45, 2.75) is 25.3 Å². The lowest BCUT2D eigenvalue weighted by atomic mass is 9.92. The highest BCUT2D eigenvalue weighted by Gasteiger charge is 2.23. The third-order valence-corrected chi connectivity index (χ3v) is 4.06. The molecule has 0 amide bonds. The predicted molar refractivity (Wildman–Crippen MR) is 72.3 cm³/mol. The summed E-state index contributed by atoms with van der Waals surface area (Å²) in [5.41, 5.74) is 2.80. The Hall–Kier alpha value is -1.76. The molecule has 1 aliphatic rings. The summed E-state index contributed by atoms with van der Waals surface area (Å²) < 4.78 is 2.55. The van der Waals surface area contributed by atoms with E-state index in [1.165, 1.54) is 41.1 Å². The minimum atomic E-state index is 0.722. The van der Waals surface area contributed by atoms with Crippen LogP contribution >= 0.6 is 0 Å². The van der Waals surface area contributed by atoms with Crippen molar-refractivity contribution in [2.75, 3.05) is 0 Å². The molecule has 0 spiro atoms. The zero-order valence-corrected chi connectivity index (χ0v) is 9.76. The summed E-state index contributed by atoms with van der Waals surface area (Å²) in [5.74, 6) is 0. The van der Waals surface area contributed by atoms with Crippen molar-refractivity contribution in [3.8, 4) is 0 Å². The van der Waals surface area contributed by atoms with Crippen molar-refractivity contribution in [3.05, 3.63) is 48.5 Å². The second kappa shape index (κ2) is 3.36. The molecular formula is C16H15N. The maximum absolute atomic E-state index is 2.55. The monoisotopic (exact) mass is 221 g/mol. The Bertz CT molecular complexity index is 636. The number of nitrogens with zero attached hydrogens (tertiary/aromatic N) is 1. The van der Waals surface area contributed by atoms with Crippen molar-refractivity contribution in [3.63, 3.8) is 0 Å². The van der Waals surface area contributed by atoms with E-state index < -0.39 is 0 Å². The van der Waals surface area contributed by atoms with Crippen LogP contribution in [0.1, 0.15) is 25.3 Å². The molecule has 84 valence electrons. The normalized spacial score (nSPS) is 16.5. The summed E-state index contributed by atoms with van der Waals surface area (Å²) in [7, 11) is 0. The van der Waals surface area contributed by atoms with Crippen LogP contribution in [0.25, 0.3) is 21.8 Å². The number of hydrogen-bond acceptors (Lipinski definition) is 0. The summed E-state index contributed by atoms with van der Waals surface area (Å²) in [6.07, 6.45) is 4.05. The van der Waals surface area contributed by atoms with Crippen molar-refractivity contribution < 1.29 is 0 Å². The highest BCUT2D eigenvalue weighted by molar-refractivity contribution is 6.08. The van der Waals surface area contributed by atoms with Crippen molar-refractivity contribution >= 4 is 21.8 Å². The van der Waals surface area contributed by atoms with Crippen LogP contribution in [-0.4, -0.2) is 4.57 Å². The van der Waals surface area contributed by atoms with E-state index in [2.05, 4.69) is 53.1 Å². The van der Waals surface area contributed by atoms with Crippen molar-refractivity contribution in [2.24, 2.45) is 0 Å². The molecule has 4 rings (SSSR count). The fraction of sp³-hybridized carbons (Fsp3) is 0.250. The Balaban J connectivity index is 2.18. The second-order valence-electron chi connectivity index (χ2n) is 4.99. The summed E-state index contributed by atoms with van der Waals surface area (Å²) in [6, 6.07) is 18.3. The lowest BCUT2D eigenvalue weighted by molar-refractivity contribution is 0.328. The Morgan fingerprint density at radius 3 is 1.76 bits per heavy atom. The first kappa shape index (κ1) is 9.29. The number of aromatic nitrogens is 1. The molecule has 1 fully saturated rings. The number of hydrogen-bond donors (Lipinski definition) is 0.